The number of aromatic nitrogens is 3. The molecule has 1 amide bonds. The van der Waals surface area contributed by atoms with E-state index < -0.39 is 0 Å². The average Bonchev–Trinajstić information content (AvgIpc) is 3.09. The number of nitrogens with one attached hydrogen (secondary N) is 1. The summed E-state index contributed by atoms with van der Waals surface area (Å²) in [7, 11) is 0. The Hall–Kier alpha value is -1.43. The standard InChI is InChI=1S/C16H27N5O/c1-12(2)21-7-3-4-14(10-21)16(22)20-8-5-13(6-9-20)15-17-11-18-19-15/h11-14H,3-10H2,1-2H3,(H,17,18,19)/t14-/m1/s1. The van der Waals surface area contributed by atoms with Gasteiger partial charge in [0, 0.05) is 31.6 Å². The van der Waals surface area contributed by atoms with E-state index in [0.717, 1.165) is 57.7 Å². The highest BCUT2D eigenvalue weighted by atomic mass is 16.2. The summed E-state index contributed by atoms with van der Waals surface area (Å²) in [5, 5.41) is 6.89. The Balaban J connectivity index is 1.53. The Labute approximate surface area is 132 Å². The summed E-state index contributed by atoms with van der Waals surface area (Å²) in [6.07, 6.45) is 5.73. The number of aromatic amines is 1. The highest BCUT2D eigenvalue weighted by molar-refractivity contribution is 5.79. The fourth-order valence-electron chi connectivity index (χ4n) is 3.72. The molecule has 3 rings (SSSR count). The number of nitrogens with zero attached hydrogens (tertiary/aromatic N) is 4. The summed E-state index contributed by atoms with van der Waals surface area (Å²) in [5.41, 5.74) is 0. The lowest BCUT2D eigenvalue weighted by atomic mass is 9.92. The van der Waals surface area contributed by atoms with E-state index in [1.165, 1.54) is 0 Å². The Morgan fingerprint density at radius 1 is 1.27 bits per heavy atom. The molecule has 122 valence electrons. The second-order valence-electron chi connectivity index (χ2n) is 6.90. The van der Waals surface area contributed by atoms with Crippen molar-refractivity contribution in [2.75, 3.05) is 26.2 Å². The first kappa shape index (κ1) is 15.5. The second-order valence-corrected chi connectivity index (χ2v) is 6.90. The molecule has 0 radical (unpaired) electrons. The minimum absolute atomic E-state index is 0.193. The minimum Gasteiger partial charge on any atom is -0.342 e. The van der Waals surface area contributed by atoms with Crippen LogP contribution in [0, 0.1) is 5.92 Å². The lowest BCUT2D eigenvalue weighted by molar-refractivity contribution is -0.138. The van der Waals surface area contributed by atoms with Crippen molar-refractivity contribution in [2.24, 2.45) is 5.92 Å². The molecule has 2 aliphatic rings. The molecule has 0 aliphatic carbocycles. The normalized spacial score (nSPS) is 24.9. The molecule has 0 bridgehead atoms. The van der Waals surface area contributed by atoms with Crippen molar-refractivity contribution in [3.8, 4) is 0 Å². The molecule has 2 saturated heterocycles. The minimum atomic E-state index is 0.193. The van der Waals surface area contributed by atoms with Gasteiger partial charge >= 0.3 is 0 Å². The first-order valence-electron chi connectivity index (χ1n) is 8.53. The second kappa shape index (κ2) is 6.77. The van der Waals surface area contributed by atoms with E-state index in [2.05, 4.69) is 38.8 Å². The number of piperidine rings is 2. The van der Waals surface area contributed by atoms with E-state index in [1.807, 2.05) is 0 Å². The van der Waals surface area contributed by atoms with Crippen LogP contribution < -0.4 is 0 Å². The number of hydrogen-bond donors (Lipinski definition) is 1. The summed E-state index contributed by atoms with van der Waals surface area (Å²) in [6.45, 7) is 8.20. The van der Waals surface area contributed by atoms with Crippen LogP contribution in [0.2, 0.25) is 0 Å². The van der Waals surface area contributed by atoms with Gasteiger partial charge in [-0.1, -0.05) is 0 Å². The number of hydrogen-bond acceptors (Lipinski definition) is 4. The third-order valence-electron chi connectivity index (χ3n) is 5.16. The number of H-pyrrole nitrogens is 1. The van der Waals surface area contributed by atoms with Crippen molar-refractivity contribution < 1.29 is 4.79 Å². The molecule has 1 atom stereocenters. The van der Waals surface area contributed by atoms with E-state index in [9.17, 15) is 4.79 Å². The smallest absolute Gasteiger partial charge is 0.226 e. The van der Waals surface area contributed by atoms with Gasteiger partial charge in [0.15, 0.2) is 0 Å². The van der Waals surface area contributed by atoms with Gasteiger partial charge in [-0.05, 0) is 46.1 Å². The van der Waals surface area contributed by atoms with Gasteiger partial charge < -0.3 is 9.80 Å². The van der Waals surface area contributed by atoms with Gasteiger partial charge in [0.05, 0.1) is 5.92 Å². The molecule has 0 unspecified atom stereocenters. The van der Waals surface area contributed by atoms with Crippen LogP contribution in [0.4, 0.5) is 0 Å². The van der Waals surface area contributed by atoms with Gasteiger partial charge in [-0.25, -0.2) is 4.98 Å². The lowest BCUT2D eigenvalue weighted by Crippen LogP contribution is -2.48. The van der Waals surface area contributed by atoms with Crippen LogP contribution in [0.5, 0.6) is 0 Å². The molecule has 3 heterocycles. The maximum Gasteiger partial charge on any atom is 0.226 e. The Morgan fingerprint density at radius 2 is 2.05 bits per heavy atom. The van der Waals surface area contributed by atoms with Crippen LogP contribution in [-0.2, 0) is 4.79 Å². The van der Waals surface area contributed by atoms with E-state index in [4.69, 9.17) is 0 Å². The number of rotatable bonds is 3. The van der Waals surface area contributed by atoms with Crippen LogP contribution in [0.15, 0.2) is 6.33 Å². The fraction of sp³-hybridized carbons (Fsp3) is 0.812. The van der Waals surface area contributed by atoms with E-state index >= 15 is 0 Å². The van der Waals surface area contributed by atoms with Crippen LogP contribution in [0.1, 0.15) is 51.3 Å². The molecule has 0 spiro atoms. The molecule has 1 N–H and O–H groups in total. The van der Waals surface area contributed by atoms with Crippen molar-refractivity contribution in [1.82, 2.24) is 25.0 Å². The van der Waals surface area contributed by atoms with Crippen LogP contribution >= 0.6 is 0 Å². The van der Waals surface area contributed by atoms with Crippen molar-refractivity contribution in [3.05, 3.63) is 12.2 Å². The third-order valence-corrected chi connectivity index (χ3v) is 5.16. The zero-order chi connectivity index (χ0) is 15.5. The SMILES string of the molecule is CC(C)N1CCC[C@@H](C(=O)N2CCC(c3ncn[nH]3)CC2)C1. The lowest BCUT2D eigenvalue weighted by Gasteiger charge is -2.38. The number of likely N-dealkylation sites (tertiary alicyclic amines) is 2. The van der Waals surface area contributed by atoms with E-state index in [-0.39, 0.29) is 5.92 Å². The zero-order valence-corrected chi connectivity index (χ0v) is 13.7. The highest BCUT2D eigenvalue weighted by Crippen LogP contribution is 2.27. The Kier molecular flexibility index (Phi) is 4.76. The van der Waals surface area contributed by atoms with Gasteiger partial charge in [-0.15, -0.1) is 0 Å². The molecule has 6 heteroatoms. The molecule has 2 fully saturated rings. The quantitative estimate of drug-likeness (QED) is 0.922. The monoisotopic (exact) mass is 305 g/mol. The van der Waals surface area contributed by atoms with Crippen LogP contribution in [0.25, 0.3) is 0 Å². The summed E-state index contributed by atoms with van der Waals surface area (Å²) in [6, 6.07) is 0.535. The predicted octanol–water partition coefficient (Wildman–Crippen LogP) is 1.63. The first-order valence-corrected chi connectivity index (χ1v) is 8.53. The van der Waals surface area contributed by atoms with E-state index in [0.29, 0.717) is 17.9 Å². The number of amides is 1. The largest absolute Gasteiger partial charge is 0.342 e. The van der Waals surface area contributed by atoms with Gasteiger partial charge in [0.1, 0.15) is 12.2 Å². The van der Waals surface area contributed by atoms with Crippen molar-refractivity contribution in [2.45, 2.75) is 51.5 Å². The molecule has 2 aliphatic heterocycles. The highest BCUT2D eigenvalue weighted by Gasteiger charge is 2.32. The van der Waals surface area contributed by atoms with Crippen molar-refractivity contribution in [3.63, 3.8) is 0 Å². The number of carbonyl (C=O) groups is 1. The van der Waals surface area contributed by atoms with Gasteiger partial charge in [-0.2, -0.15) is 5.10 Å². The summed E-state index contributed by atoms with van der Waals surface area (Å²) < 4.78 is 0. The Bertz CT molecular complexity index is 479. The molecular weight excluding hydrogens is 278 g/mol. The maximum atomic E-state index is 12.8. The van der Waals surface area contributed by atoms with E-state index in [1.54, 1.807) is 6.33 Å². The molecular formula is C16H27N5O. The van der Waals surface area contributed by atoms with Crippen LogP contribution in [0.3, 0.4) is 0 Å². The van der Waals surface area contributed by atoms with Gasteiger partial charge in [0.25, 0.3) is 0 Å². The molecule has 22 heavy (non-hydrogen) atoms. The summed E-state index contributed by atoms with van der Waals surface area (Å²) >= 11 is 0. The summed E-state index contributed by atoms with van der Waals surface area (Å²) in [4.78, 5) is 21.5. The molecule has 1 aromatic heterocycles. The number of carbonyl (C=O) groups excluding carboxylic acids is 1. The molecule has 6 nitrogen and oxygen atoms in total. The van der Waals surface area contributed by atoms with Gasteiger partial charge in [-0.3, -0.25) is 9.89 Å². The summed E-state index contributed by atoms with van der Waals surface area (Å²) in [5.74, 6) is 1.94. The molecule has 0 saturated carbocycles. The first-order chi connectivity index (χ1) is 10.6. The van der Waals surface area contributed by atoms with Crippen LogP contribution in [-0.4, -0.2) is 63.1 Å². The Morgan fingerprint density at radius 3 is 2.68 bits per heavy atom. The molecule has 1 aromatic rings. The average molecular weight is 305 g/mol. The van der Waals surface area contributed by atoms with Crippen molar-refractivity contribution >= 4 is 5.91 Å². The molecule has 0 aromatic carbocycles. The predicted molar refractivity (Wildman–Crippen MR) is 84.4 cm³/mol. The topological polar surface area (TPSA) is 65.1 Å². The van der Waals surface area contributed by atoms with Gasteiger partial charge in [0.2, 0.25) is 5.91 Å². The third kappa shape index (κ3) is 3.32. The zero-order valence-electron chi connectivity index (χ0n) is 13.7. The van der Waals surface area contributed by atoms with Crippen molar-refractivity contribution in [1.29, 1.82) is 0 Å². The fourth-order valence-corrected chi connectivity index (χ4v) is 3.72. The maximum absolute atomic E-state index is 12.8.